The zero-order chi connectivity index (χ0) is 16.8. The molecule has 2 heterocycles. The molecule has 2 fully saturated rings. The highest BCUT2D eigenvalue weighted by Crippen LogP contribution is 2.43. The van der Waals surface area contributed by atoms with Gasteiger partial charge in [0.2, 0.25) is 0 Å². The lowest BCUT2D eigenvalue weighted by Gasteiger charge is -2.31. The Kier molecular flexibility index (Phi) is 6.75. The average molecular weight is 367 g/mol. The maximum atomic E-state index is 12.2. The van der Waals surface area contributed by atoms with Crippen LogP contribution >= 0.6 is 23.5 Å². The van der Waals surface area contributed by atoms with E-state index in [4.69, 9.17) is 10.5 Å². The topological polar surface area (TPSA) is 55.6 Å². The van der Waals surface area contributed by atoms with Gasteiger partial charge in [-0.25, -0.2) is 0 Å². The van der Waals surface area contributed by atoms with Crippen LogP contribution in [0.15, 0.2) is 24.3 Å². The lowest BCUT2D eigenvalue weighted by molar-refractivity contribution is -0.134. The minimum atomic E-state index is 0.0768. The van der Waals surface area contributed by atoms with Crippen LogP contribution in [-0.2, 0) is 4.79 Å². The fourth-order valence-electron chi connectivity index (χ4n) is 3.06. The van der Waals surface area contributed by atoms with Crippen molar-refractivity contribution in [3.05, 3.63) is 29.8 Å². The molecule has 2 saturated heterocycles. The standard InChI is InChI=1S/C18H26N2O2S2/c19-12-14-6-8-20(9-7-14)17(21)13-22-16-4-2-15(3-5-16)18-23-10-1-11-24-18/h2-5,14,18H,1,6-13,19H2. The molecule has 6 heteroatoms. The molecule has 3 rings (SSSR count). The third-order valence-corrected chi connectivity index (χ3v) is 7.66. The van der Waals surface area contributed by atoms with Crippen molar-refractivity contribution in [1.29, 1.82) is 0 Å². The van der Waals surface area contributed by atoms with Crippen molar-refractivity contribution in [1.82, 2.24) is 4.90 Å². The highest BCUT2D eigenvalue weighted by Gasteiger charge is 2.22. The van der Waals surface area contributed by atoms with Gasteiger partial charge >= 0.3 is 0 Å². The van der Waals surface area contributed by atoms with Gasteiger partial charge in [0.25, 0.3) is 5.91 Å². The average Bonchev–Trinajstić information content (AvgIpc) is 2.67. The van der Waals surface area contributed by atoms with Crippen molar-refractivity contribution in [2.24, 2.45) is 11.7 Å². The van der Waals surface area contributed by atoms with Crippen LogP contribution in [0.1, 0.15) is 29.4 Å². The van der Waals surface area contributed by atoms with Crippen LogP contribution in [0.3, 0.4) is 0 Å². The van der Waals surface area contributed by atoms with E-state index >= 15 is 0 Å². The second-order valence-corrected chi connectivity index (χ2v) is 9.07. The normalized spacial score (nSPS) is 20.1. The molecule has 0 aromatic heterocycles. The van der Waals surface area contributed by atoms with Gasteiger partial charge in [0, 0.05) is 13.1 Å². The van der Waals surface area contributed by atoms with Crippen LogP contribution in [0, 0.1) is 5.92 Å². The van der Waals surface area contributed by atoms with Gasteiger partial charge in [0.15, 0.2) is 6.61 Å². The van der Waals surface area contributed by atoms with E-state index in [1.807, 2.05) is 40.6 Å². The molecular formula is C18H26N2O2S2. The molecule has 24 heavy (non-hydrogen) atoms. The molecule has 0 aliphatic carbocycles. The predicted octanol–water partition coefficient (Wildman–Crippen LogP) is 3.13. The van der Waals surface area contributed by atoms with E-state index in [0.717, 1.165) is 38.2 Å². The van der Waals surface area contributed by atoms with Crippen molar-refractivity contribution in [2.75, 3.05) is 37.7 Å². The van der Waals surface area contributed by atoms with Gasteiger partial charge in [-0.05, 0) is 60.9 Å². The number of nitrogens with zero attached hydrogens (tertiary/aromatic N) is 1. The predicted molar refractivity (Wildman–Crippen MR) is 103 cm³/mol. The lowest BCUT2D eigenvalue weighted by Crippen LogP contribution is -2.42. The number of amides is 1. The first kappa shape index (κ1) is 18.0. The van der Waals surface area contributed by atoms with Crippen molar-refractivity contribution in [3.63, 3.8) is 0 Å². The molecule has 2 aliphatic rings. The van der Waals surface area contributed by atoms with Crippen LogP contribution in [-0.4, -0.2) is 48.6 Å². The number of carbonyl (C=O) groups excluding carboxylic acids is 1. The first-order valence-corrected chi connectivity index (χ1v) is 10.8. The Morgan fingerprint density at radius 1 is 1.17 bits per heavy atom. The Morgan fingerprint density at radius 2 is 1.83 bits per heavy atom. The van der Waals surface area contributed by atoms with E-state index in [-0.39, 0.29) is 12.5 Å². The second kappa shape index (κ2) is 9.02. The summed E-state index contributed by atoms with van der Waals surface area (Å²) in [5.74, 6) is 3.90. The van der Waals surface area contributed by atoms with Crippen molar-refractivity contribution < 1.29 is 9.53 Å². The van der Waals surface area contributed by atoms with Crippen LogP contribution in [0.4, 0.5) is 0 Å². The first-order valence-electron chi connectivity index (χ1n) is 8.70. The number of carbonyl (C=O) groups is 1. The Labute approximate surface area is 152 Å². The molecule has 2 aliphatic heterocycles. The Morgan fingerprint density at radius 3 is 2.46 bits per heavy atom. The number of hydrogen-bond acceptors (Lipinski definition) is 5. The Balaban J connectivity index is 1.45. The van der Waals surface area contributed by atoms with Crippen molar-refractivity contribution in [2.45, 2.75) is 23.8 Å². The largest absolute Gasteiger partial charge is 0.484 e. The van der Waals surface area contributed by atoms with Gasteiger partial charge in [-0.15, -0.1) is 23.5 Å². The molecule has 1 aromatic carbocycles. The number of likely N-dealkylation sites (tertiary alicyclic amines) is 1. The van der Waals surface area contributed by atoms with Gasteiger partial charge in [0.05, 0.1) is 4.58 Å². The van der Waals surface area contributed by atoms with Crippen LogP contribution in [0.25, 0.3) is 0 Å². The summed E-state index contributed by atoms with van der Waals surface area (Å²) in [5.41, 5.74) is 7.03. The first-order chi connectivity index (χ1) is 11.8. The van der Waals surface area contributed by atoms with Gasteiger partial charge < -0.3 is 15.4 Å². The molecule has 2 N–H and O–H groups in total. The number of piperidine rings is 1. The van der Waals surface area contributed by atoms with E-state index in [9.17, 15) is 4.79 Å². The monoisotopic (exact) mass is 366 g/mol. The van der Waals surface area contributed by atoms with E-state index in [1.54, 1.807) is 0 Å². The van der Waals surface area contributed by atoms with Crippen molar-refractivity contribution >= 4 is 29.4 Å². The summed E-state index contributed by atoms with van der Waals surface area (Å²) in [7, 11) is 0. The summed E-state index contributed by atoms with van der Waals surface area (Å²) < 4.78 is 6.23. The third-order valence-electron chi connectivity index (χ3n) is 4.64. The zero-order valence-electron chi connectivity index (χ0n) is 14.0. The molecule has 0 radical (unpaired) electrons. The van der Waals surface area contributed by atoms with E-state index in [2.05, 4.69) is 12.1 Å². The van der Waals surface area contributed by atoms with Gasteiger partial charge in [-0.2, -0.15) is 0 Å². The summed E-state index contributed by atoms with van der Waals surface area (Å²) in [5, 5.41) is 0. The molecule has 0 saturated carbocycles. The molecule has 0 atom stereocenters. The fourth-order valence-corrected chi connectivity index (χ4v) is 5.95. The number of ether oxygens (including phenoxy) is 1. The van der Waals surface area contributed by atoms with E-state index < -0.39 is 0 Å². The van der Waals surface area contributed by atoms with Crippen molar-refractivity contribution in [3.8, 4) is 5.75 Å². The third kappa shape index (κ3) is 4.83. The lowest BCUT2D eigenvalue weighted by atomic mass is 9.97. The molecule has 0 spiro atoms. The Bertz CT molecular complexity index is 524. The number of thioether (sulfide) groups is 2. The maximum absolute atomic E-state index is 12.2. The van der Waals surface area contributed by atoms with Gasteiger partial charge in [-0.3, -0.25) is 4.79 Å². The quantitative estimate of drug-likeness (QED) is 0.868. The molecule has 132 valence electrons. The number of nitrogens with two attached hydrogens (primary N) is 1. The molecule has 1 aromatic rings. The van der Waals surface area contributed by atoms with E-state index in [0.29, 0.717) is 10.5 Å². The number of hydrogen-bond donors (Lipinski definition) is 1. The summed E-state index contributed by atoms with van der Waals surface area (Å²) in [6.45, 7) is 2.46. The zero-order valence-corrected chi connectivity index (χ0v) is 15.6. The van der Waals surface area contributed by atoms with E-state index in [1.165, 1.54) is 23.5 Å². The highest BCUT2D eigenvalue weighted by atomic mass is 32.2. The summed E-state index contributed by atoms with van der Waals surface area (Å²) in [6.07, 6.45) is 3.32. The molecule has 0 unspecified atom stereocenters. The second-order valence-electron chi connectivity index (χ2n) is 6.34. The maximum Gasteiger partial charge on any atom is 0.260 e. The Hall–Kier alpha value is -0.850. The fraction of sp³-hybridized carbons (Fsp3) is 0.611. The van der Waals surface area contributed by atoms with Gasteiger partial charge in [0.1, 0.15) is 5.75 Å². The summed E-state index contributed by atoms with van der Waals surface area (Å²) >= 11 is 4.03. The SMILES string of the molecule is NCC1CCN(C(=O)COc2ccc(C3SCCCS3)cc2)CC1. The molecular weight excluding hydrogens is 340 g/mol. The minimum Gasteiger partial charge on any atom is -0.484 e. The summed E-state index contributed by atoms with van der Waals surface area (Å²) in [4.78, 5) is 14.1. The highest BCUT2D eigenvalue weighted by molar-refractivity contribution is 8.16. The number of rotatable bonds is 5. The minimum absolute atomic E-state index is 0.0768. The molecule has 0 bridgehead atoms. The van der Waals surface area contributed by atoms with Crippen LogP contribution < -0.4 is 10.5 Å². The summed E-state index contributed by atoms with van der Waals surface area (Å²) in [6, 6.07) is 8.23. The smallest absolute Gasteiger partial charge is 0.260 e. The molecule has 4 nitrogen and oxygen atoms in total. The van der Waals surface area contributed by atoms with Crippen LogP contribution in [0.2, 0.25) is 0 Å². The molecule has 1 amide bonds. The van der Waals surface area contributed by atoms with Crippen LogP contribution in [0.5, 0.6) is 5.75 Å². The number of benzene rings is 1. The van der Waals surface area contributed by atoms with Gasteiger partial charge in [-0.1, -0.05) is 12.1 Å².